The van der Waals surface area contributed by atoms with Crippen molar-refractivity contribution in [3.8, 4) is 0 Å². The van der Waals surface area contributed by atoms with Crippen LogP contribution < -0.4 is 5.32 Å². The molecule has 0 aliphatic rings. The van der Waals surface area contributed by atoms with Gasteiger partial charge in [-0.3, -0.25) is 9.59 Å². The topological polar surface area (TPSA) is 49.4 Å². The van der Waals surface area contributed by atoms with E-state index in [0.717, 1.165) is 11.1 Å². The van der Waals surface area contributed by atoms with Crippen molar-refractivity contribution in [1.29, 1.82) is 0 Å². The number of carbonyl (C=O) groups is 2. The number of carbonyl (C=O) groups excluding carboxylic acids is 2. The van der Waals surface area contributed by atoms with Crippen molar-refractivity contribution in [2.24, 2.45) is 5.92 Å². The highest BCUT2D eigenvalue weighted by Crippen LogP contribution is 2.21. The molecule has 0 saturated heterocycles. The van der Waals surface area contributed by atoms with Crippen molar-refractivity contribution < 1.29 is 9.59 Å². The first kappa shape index (κ1) is 24.6. The summed E-state index contributed by atoms with van der Waals surface area (Å²) in [6.07, 6.45) is 0. The second-order valence-electron chi connectivity index (χ2n) is 7.55. The number of thioether (sulfide) groups is 1. The molecule has 0 radical (unpaired) electrons. The smallest absolute Gasteiger partial charge is 0.242 e. The Morgan fingerprint density at radius 3 is 2.47 bits per heavy atom. The van der Waals surface area contributed by atoms with Gasteiger partial charge in [0, 0.05) is 28.9 Å². The maximum absolute atomic E-state index is 13.1. The highest BCUT2D eigenvalue weighted by molar-refractivity contribution is 7.99. The Morgan fingerprint density at radius 1 is 1.07 bits per heavy atom. The number of hydrogen-bond acceptors (Lipinski definition) is 3. The van der Waals surface area contributed by atoms with Crippen LogP contribution in [0.15, 0.2) is 48.5 Å². The zero-order valence-electron chi connectivity index (χ0n) is 17.5. The summed E-state index contributed by atoms with van der Waals surface area (Å²) in [5.41, 5.74) is 1.87. The second kappa shape index (κ2) is 12.2. The van der Waals surface area contributed by atoms with Gasteiger partial charge in [-0.05, 0) is 42.2 Å². The Labute approximate surface area is 193 Å². The summed E-state index contributed by atoms with van der Waals surface area (Å²) in [6.45, 7) is 6.67. The van der Waals surface area contributed by atoms with Gasteiger partial charge in [-0.25, -0.2) is 0 Å². The predicted molar refractivity (Wildman–Crippen MR) is 127 cm³/mol. The molecule has 0 spiro atoms. The molecule has 30 heavy (non-hydrogen) atoms. The van der Waals surface area contributed by atoms with E-state index in [1.54, 1.807) is 17.9 Å². The van der Waals surface area contributed by atoms with Crippen LogP contribution in [0.25, 0.3) is 0 Å². The third-order valence-corrected chi connectivity index (χ3v) is 6.13. The molecule has 0 bridgehead atoms. The Hall–Kier alpha value is -1.69. The molecule has 7 heteroatoms. The average molecular weight is 467 g/mol. The van der Waals surface area contributed by atoms with Gasteiger partial charge < -0.3 is 10.2 Å². The number of nitrogens with one attached hydrogen (secondary N) is 1. The molecule has 0 aromatic heterocycles. The molecule has 0 aliphatic heterocycles. The van der Waals surface area contributed by atoms with Crippen LogP contribution in [0, 0.1) is 5.92 Å². The van der Waals surface area contributed by atoms with E-state index in [4.69, 9.17) is 23.2 Å². The zero-order valence-corrected chi connectivity index (χ0v) is 19.9. The number of benzene rings is 2. The lowest BCUT2D eigenvalue weighted by Gasteiger charge is -2.29. The molecule has 0 heterocycles. The van der Waals surface area contributed by atoms with E-state index in [1.165, 1.54) is 11.8 Å². The molecule has 1 atom stereocenters. The molecule has 0 aliphatic carbocycles. The van der Waals surface area contributed by atoms with Crippen LogP contribution >= 0.6 is 35.0 Å². The molecule has 2 rings (SSSR count). The van der Waals surface area contributed by atoms with Gasteiger partial charge in [-0.15, -0.1) is 11.8 Å². The van der Waals surface area contributed by atoms with Crippen LogP contribution in [0.4, 0.5) is 0 Å². The van der Waals surface area contributed by atoms with E-state index in [2.05, 4.69) is 5.32 Å². The standard InChI is InChI=1S/C23H28Cl2N2O2S/c1-16(2)12-26-23(29)17(3)27(13-19-8-4-5-10-21(19)25)22(28)15-30-14-18-7-6-9-20(24)11-18/h4-11,16-17H,12-15H2,1-3H3,(H,26,29). The minimum Gasteiger partial charge on any atom is -0.354 e. The Kier molecular flexibility index (Phi) is 10.0. The number of hydrogen-bond donors (Lipinski definition) is 1. The Morgan fingerprint density at radius 2 is 1.80 bits per heavy atom. The van der Waals surface area contributed by atoms with Crippen molar-refractivity contribution >= 4 is 46.8 Å². The lowest BCUT2D eigenvalue weighted by Crippen LogP contribution is -2.48. The zero-order chi connectivity index (χ0) is 22.1. The third-order valence-electron chi connectivity index (χ3n) is 4.53. The molecule has 162 valence electrons. The fraction of sp³-hybridized carbons (Fsp3) is 0.391. The first-order chi connectivity index (χ1) is 14.3. The monoisotopic (exact) mass is 466 g/mol. The minimum absolute atomic E-state index is 0.103. The van der Waals surface area contributed by atoms with Gasteiger partial charge in [-0.2, -0.15) is 0 Å². The van der Waals surface area contributed by atoms with Gasteiger partial charge in [0.15, 0.2) is 0 Å². The van der Waals surface area contributed by atoms with Crippen LogP contribution in [-0.4, -0.2) is 35.1 Å². The fourth-order valence-corrected chi connectivity index (χ4v) is 4.08. The van der Waals surface area contributed by atoms with Crippen molar-refractivity contribution in [2.75, 3.05) is 12.3 Å². The largest absolute Gasteiger partial charge is 0.354 e. The van der Waals surface area contributed by atoms with Gasteiger partial charge in [0.25, 0.3) is 0 Å². The molecular formula is C23H28Cl2N2O2S. The normalized spacial score (nSPS) is 11.9. The highest BCUT2D eigenvalue weighted by atomic mass is 35.5. The maximum atomic E-state index is 13.1. The number of halogens is 2. The van der Waals surface area contributed by atoms with E-state index in [0.29, 0.717) is 28.3 Å². The summed E-state index contributed by atoms with van der Waals surface area (Å²) < 4.78 is 0. The van der Waals surface area contributed by atoms with Gasteiger partial charge in [-0.1, -0.05) is 67.4 Å². The van der Waals surface area contributed by atoms with Gasteiger partial charge in [0.2, 0.25) is 11.8 Å². The van der Waals surface area contributed by atoms with E-state index < -0.39 is 6.04 Å². The molecule has 0 saturated carbocycles. The van der Waals surface area contributed by atoms with Crippen molar-refractivity contribution in [3.05, 3.63) is 69.7 Å². The maximum Gasteiger partial charge on any atom is 0.242 e. The highest BCUT2D eigenvalue weighted by Gasteiger charge is 2.26. The second-order valence-corrected chi connectivity index (χ2v) is 9.38. The SMILES string of the molecule is CC(C)CNC(=O)C(C)N(Cc1ccccc1Cl)C(=O)CSCc1cccc(Cl)c1. The molecule has 1 N–H and O–H groups in total. The third kappa shape index (κ3) is 7.86. The van der Waals surface area contributed by atoms with Crippen LogP contribution in [-0.2, 0) is 21.9 Å². The summed E-state index contributed by atoms with van der Waals surface area (Å²) in [6, 6.07) is 14.4. The lowest BCUT2D eigenvalue weighted by atomic mass is 10.1. The lowest BCUT2D eigenvalue weighted by molar-refractivity contribution is -0.138. The molecule has 2 aromatic carbocycles. The van der Waals surface area contributed by atoms with E-state index in [1.807, 2.05) is 56.3 Å². The Bertz CT molecular complexity index is 861. The van der Waals surface area contributed by atoms with Crippen LogP contribution in [0.3, 0.4) is 0 Å². The average Bonchev–Trinajstić information content (AvgIpc) is 2.70. The first-order valence-corrected chi connectivity index (χ1v) is 11.8. The molecule has 4 nitrogen and oxygen atoms in total. The van der Waals surface area contributed by atoms with Gasteiger partial charge >= 0.3 is 0 Å². The number of rotatable bonds is 10. The molecular weight excluding hydrogens is 439 g/mol. The van der Waals surface area contributed by atoms with Crippen LogP contribution in [0.2, 0.25) is 10.0 Å². The summed E-state index contributed by atoms with van der Waals surface area (Å²) in [7, 11) is 0. The van der Waals surface area contributed by atoms with E-state index in [-0.39, 0.29) is 24.1 Å². The molecule has 2 amide bonds. The van der Waals surface area contributed by atoms with Crippen molar-refractivity contribution in [2.45, 2.75) is 39.1 Å². The summed E-state index contributed by atoms with van der Waals surface area (Å²) >= 11 is 13.8. The van der Waals surface area contributed by atoms with Crippen LogP contribution in [0.1, 0.15) is 31.9 Å². The molecule has 2 aromatic rings. The Balaban J connectivity index is 2.07. The van der Waals surface area contributed by atoms with Crippen molar-refractivity contribution in [3.63, 3.8) is 0 Å². The number of nitrogens with zero attached hydrogens (tertiary/aromatic N) is 1. The van der Waals surface area contributed by atoms with Crippen molar-refractivity contribution in [1.82, 2.24) is 10.2 Å². The summed E-state index contributed by atoms with van der Waals surface area (Å²) in [5.74, 6) is 0.999. The van der Waals surface area contributed by atoms with E-state index in [9.17, 15) is 9.59 Å². The fourth-order valence-electron chi connectivity index (χ4n) is 2.81. The molecule has 0 fully saturated rings. The predicted octanol–water partition coefficient (Wildman–Crippen LogP) is 5.42. The summed E-state index contributed by atoms with van der Waals surface area (Å²) in [4.78, 5) is 27.3. The van der Waals surface area contributed by atoms with Crippen LogP contribution in [0.5, 0.6) is 0 Å². The molecule has 1 unspecified atom stereocenters. The summed E-state index contributed by atoms with van der Waals surface area (Å²) in [5, 5.41) is 4.17. The first-order valence-electron chi connectivity index (χ1n) is 9.90. The number of amides is 2. The van der Waals surface area contributed by atoms with E-state index >= 15 is 0 Å². The minimum atomic E-state index is -0.598. The van der Waals surface area contributed by atoms with Gasteiger partial charge in [0.1, 0.15) is 6.04 Å². The quantitative estimate of drug-likeness (QED) is 0.508. The van der Waals surface area contributed by atoms with Gasteiger partial charge in [0.05, 0.1) is 5.75 Å².